The largest absolute Gasteiger partial charge is 0.255 e. The van der Waals surface area contributed by atoms with Crippen molar-refractivity contribution in [3.63, 3.8) is 0 Å². The second-order valence-corrected chi connectivity index (χ2v) is 6.85. The van der Waals surface area contributed by atoms with Gasteiger partial charge < -0.3 is 0 Å². The van der Waals surface area contributed by atoms with Gasteiger partial charge >= 0.3 is 0 Å². The molecule has 5 heteroatoms. The highest BCUT2D eigenvalue weighted by atomic mass is 35.5. The van der Waals surface area contributed by atoms with E-state index in [-0.39, 0.29) is 0 Å². The molecule has 3 aromatic rings. The number of rotatable bonds is 3. The summed E-state index contributed by atoms with van der Waals surface area (Å²) in [6.07, 6.45) is 1.67. The van der Waals surface area contributed by atoms with E-state index >= 15 is 0 Å². The van der Waals surface area contributed by atoms with Crippen LogP contribution in [-0.2, 0) is 10.8 Å². The molecule has 0 saturated heterocycles. The number of benzene rings is 2. The van der Waals surface area contributed by atoms with Crippen LogP contribution in [0.4, 0.5) is 0 Å². The van der Waals surface area contributed by atoms with Gasteiger partial charge in [0.05, 0.1) is 11.4 Å². The summed E-state index contributed by atoms with van der Waals surface area (Å²) in [6, 6.07) is 17.5. The molecule has 0 saturated carbocycles. The molecular weight excluding hydrogens is 316 g/mol. The van der Waals surface area contributed by atoms with Crippen molar-refractivity contribution in [1.82, 2.24) is 9.78 Å². The van der Waals surface area contributed by atoms with E-state index in [1.807, 2.05) is 66.2 Å². The van der Waals surface area contributed by atoms with Crippen LogP contribution in [0.5, 0.6) is 0 Å². The first-order valence-corrected chi connectivity index (χ1v) is 8.74. The average Bonchev–Trinajstić information content (AvgIpc) is 2.90. The number of aryl methyl sites for hydroxylation is 1. The lowest BCUT2D eigenvalue weighted by Crippen LogP contribution is -1.99. The van der Waals surface area contributed by atoms with E-state index in [9.17, 15) is 4.21 Å². The topological polar surface area (TPSA) is 34.9 Å². The van der Waals surface area contributed by atoms with Crippen molar-refractivity contribution in [1.29, 1.82) is 0 Å². The number of hydrogen-bond acceptors (Lipinski definition) is 2. The van der Waals surface area contributed by atoms with Crippen LogP contribution in [-0.4, -0.2) is 20.2 Å². The molecule has 0 N–H and O–H groups in total. The molecule has 0 aliphatic heterocycles. The van der Waals surface area contributed by atoms with Gasteiger partial charge in [0.25, 0.3) is 0 Å². The molecule has 0 spiro atoms. The van der Waals surface area contributed by atoms with Gasteiger partial charge in [-0.1, -0.05) is 41.4 Å². The van der Waals surface area contributed by atoms with Gasteiger partial charge in [-0.15, -0.1) is 0 Å². The smallest absolute Gasteiger partial charge is 0.152 e. The molecule has 1 atom stereocenters. The fourth-order valence-electron chi connectivity index (χ4n) is 2.26. The number of hydrogen-bond donors (Lipinski definition) is 0. The zero-order chi connectivity index (χ0) is 15.7. The van der Waals surface area contributed by atoms with E-state index < -0.39 is 10.8 Å². The van der Waals surface area contributed by atoms with Crippen LogP contribution in [0.15, 0.2) is 59.5 Å². The van der Waals surface area contributed by atoms with Crippen molar-refractivity contribution in [2.45, 2.75) is 11.8 Å². The lowest BCUT2D eigenvalue weighted by Gasteiger charge is -2.08. The number of nitrogens with zero attached hydrogens (tertiary/aromatic N) is 2. The summed E-state index contributed by atoms with van der Waals surface area (Å²) in [6.45, 7) is 2.05. The minimum Gasteiger partial charge on any atom is -0.255 e. The van der Waals surface area contributed by atoms with Gasteiger partial charge in [-0.2, -0.15) is 5.10 Å². The number of aromatic nitrogens is 2. The van der Waals surface area contributed by atoms with Crippen LogP contribution in [0, 0.1) is 6.92 Å². The van der Waals surface area contributed by atoms with Crippen LogP contribution < -0.4 is 0 Å². The van der Waals surface area contributed by atoms with E-state index in [0.717, 1.165) is 21.8 Å². The Bertz CT molecular complexity index is 823. The highest BCUT2D eigenvalue weighted by Gasteiger charge is 2.11. The molecule has 0 radical (unpaired) electrons. The lowest BCUT2D eigenvalue weighted by molar-refractivity contribution is 0.687. The van der Waals surface area contributed by atoms with Gasteiger partial charge in [-0.3, -0.25) is 4.21 Å². The summed E-state index contributed by atoms with van der Waals surface area (Å²) in [7, 11) is -0.981. The summed E-state index contributed by atoms with van der Waals surface area (Å²) in [4.78, 5) is 0.802. The Morgan fingerprint density at radius 2 is 1.68 bits per heavy atom. The summed E-state index contributed by atoms with van der Waals surface area (Å²) in [5.74, 6) is 0. The minimum absolute atomic E-state index is 0.443. The molecule has 0 aliphatic carbocycles. The van der Waals surface area contributed by atoms with Crippen molar-refractivity contribution < 1.29 is 4.21 Å². The minimum atomic E-state index is -0.981. The van der Waals surface area contributed by atoms with Crippen molar-refractivity contribution >= 4 is 22.4 Å². The van der Waals surface area contributed by atoms with Crippen molar-refractivity contribution in [3.8, 4) is 16.9 Å². The SMILES string of the molecule is Cc1ccc(-n2nc(Cl)cc2-c2ccc(S(C)=O)cc2)cc1. The third-order valence-electron chi connectivity index (χ3n) is 3.44. The van der Waals surface area contributed by atoms with Gasteiger partial charge in [0.15, 0.2) is 5.15 Å². The Hall–Kier alpha value is -1.91. The molecule has 0 aliphatic rings. The molecule has 0 bridgehead atoms. The van der Waals surface area contributed by atoms with E-state index in [0.29, 0.717) is 5.15 Å². The molecule has 1 aromatic heterocycles. The third-order valence-corrected chi connectivity index (χ3v) is 4.56. The van der Waals surface area contributed by atoms with Crippen LogP contribution in [0.3, 0.4) is 0 Å². The Kier molecular flexibility index (Phi) is 4.14. The van der Waals surface area contributed by atoms with Crippen molar-refractivity contribution in [2.24, 2.45) is 0 Å². The van der Waals surface area contributed by atoms with Gasteiger partial charge in [-0.05, 0) is 31.2 Å². The monoisotopic (exact) mass is 330 g/mol. The molecule has 3 nitrogen and oxygen atoms in total. The summed E-state index contributed by atoms with van der Waals surface area (Å²) >= 11 is 6.10. The molecule has 1 heterocycles. The quantitative estimate of drug-likeness (QED) is 0.720. The second-order valence-electron chi connectivity index (χ2n) is 5.08. The van der Waals surface area contributed by atoms with Crippen LogP contribution in [0.1, 0.15) is 5.56 Å². The molecule has 0 fully saturated rings. The van der Waals surface area contributed by atoms with Crippen molar-refractivity contribution in [3.05, 3.63) is 65.3 Å². The van der Waals surface area contributed by atoms with Gasteiger partial charge in [-0.25, -0.2) is 4.68 Å². The van der Waals surface area contributed by atoms with Crippen molar-refractivity contribution in [2.75, 3.05) is 6.26 Å². The highest BCUT2D eigenvalue weighted by molar-refractivity contribution is 7.84. The Morgan fingerprint density at radius 3 is 2.27 bits per heavy atom. The van der Waals surface area contributed by atoms with Crippen LogP contribution >= 0.6 is 11.6 Å². The second kappa shape index (κ2) is 6.07. The first-order chi connectivity index (χ1) is 10.5. The highest BCUT2D eigenvalue weighted by Crippen LogP contribution is 2.26. The Balaban J connectivity index is 2.07. The van der Waals surface area contributed by atoms with Gasteiger partial charge in [0.1, 0.15) is 0 Å². The van der Waals surface area contributed by atoms with E-state index in [4.69, 9.17) is 11.6 Å². The zero-order valence-corrected chi connectivity index (χ0v) is 13.9. The van der Waals surface area contributed by atoms with E-state index in [1.54, 1.807) is 6.26 Å². The molecule has 22 heavy (non-hydrogen) atoms. The summed E-state index contributed by atoms with van der Waals surface area (Å²) < 4.78 is 13.3. The first kappa shape index (κ1) is 15.0. The van der Waals surface area contributed by atoms with Gasteiger partial charge in [0.2, 0.25) is 0 Å². The van der Waals surface area contributed by atoms with Gasteiger partial charge in [0, 0.05) is 33.6 Å². The Morgan fingerprint density at radius 1 is 1.05 bits per heavy atom. The summed E-state index contributed by atoms with van der Waals surface area (Å²) in [5, 5.41) is 4.81. The van der Waals surface area contributed by atoms with E-state index in [1.165, 1.54) is 5.56 Å². The third kappa shape index (κ3) is 2.98. The normalized spacial score (nSPS) is 12.3. The first-order valence-electron chi connectivity index (χ1n) is 6.81. The number of halogens is 1. The van der Waals surface area contributed by atoms with Crippen LogP contribution in [0.2, 0.25) is 5.15 Å². The average molecular weight is 331 g/mol. The molecule has 3 rings (SSSR count). The molecule has 2 aromatic carbocycles. The molecular formula is C17H15ClN2OS. The maximum atomic E-state index is 11.5. The predicted octanol–water partition coefficient (Wildman–Crippen LogP) is 4.24. The summed E-state index contributed by atoms with van der Waals surface area (Å²) in [5.41, 5.74) is 4.03. The molecule has 0 amide bonds. The Labute approximate surface area is 137 Å². The maximum absolute atomic E-state index is 11.5. The predicted molar refractivity (Wildman–Crippen MR) is 91.1 cm³/mol. The van der Waals surface area contributed by atoms with Crippen LogP contribution in [0.25, 0.3) is 16.9 Å². The fraction of sp³-hybridized carbons (Fsp3) is 0.118. The fourth-order valence-corrected chi connectivity index (χ4v) is 2.96. The van der Waals surface area contributed by atoms with E-state index in [2.05, 4.69) is 5.10 Å². The molecule has 1 unspecified atom stereocenters. The zero-order valence-electron chi connectivity index (χ0n) is 12.3. The molecule has 112 valence electrons. The maximum Gasteiger partial charge on any atom is 0.152 e. The standard InChI is InChI=1S/C17H15ClN2OS/c1-12-3-7-14(8-4-12)20-16(11-17(18)19-20)13-5-9-15(10-6-13)22(2)21/h3-11H,1-2H3. The lowest BCUT2D eigenvalue weighted by atomic mass is 10.1.